The summed E-state index contributed by atoms with van der Waals surface area (Å²) in [5.41, 5.74) is 1.11. The number of hydrogen-bond acceptors (Lipinski definition) is 5. The number of hydrogen-bond donors (Lipinski definition) is 1. The largest absolute Gasteiger partial charge is 0.376 e. The number of thioether (sulfide) groups is 1. The molecule has 0 spiro atoms. The maximum Gasteiger partial charge on any atom is 0.263 e. The Kier molecular flexibility index (Phi) is 4.91. The predicted octanol–water partition coefficient (Wildman–Crippen LogP) is 1.40. The number of nitrogens with zero attached hydrogens (tertiary/aromatic N) is 2. The quantitative estimate of drug-likeness (QED) is 0.582. The van der Waals surface area contributed by atoms with Crippen LogP contribution in [0.5, 0.6) is 0 Å². The molecule has 1 rings (SSSR count). The number of nitrogens with one attached hydrogen (secondary N) is 1. The fraction of sp³-hybridized carbons (Fsp3) is 0.400. The van der Waals surface area contributed by atoms with E-state index < -0.39 is 4.92 Å². The van der Waals surface area contributed by atoms with E-state index in [0.29, 0.717) is 11.6 Å². The first kappa shape index (κ1) is 12.6. The Hall–Kier alpha value is -1.43. The van der Waals surface area contributed by atoms with Gasteiger partial charge in [-0.1, -0.05) is 12.2 Å². The second kappa shape index (κ2) is 6.22. The molecule has 0 saturated carbocycles. The van der Waals surface area contributed by atoms with Crippen LogP contribution in [-0.2, 0) is 0 Å². The van der Waals surface area contributed by atoms with Crippen molar-refractivity contribution >= 4 is 11.8 Å². The first-order valence-electron chi connectivity index (χ1n) is 4.82. The van der Waals surface area contributed by atoms with Crippen LogP contribution in [0.3, 0.4) is 0 Å². The van der Waals surface area contributed by atoms with Crippen molar-refractivity contribution in [1.82, 2.24) is 10.2 Å². The predicted molar refractivity (Wildman–Crippen MR) is 66.4 cm³/mol. The lowest BCUT2D eigenvalue weighted by Crippen LogP contribution is -2.20. The standard InChI is InChI=1S/C10H15N3O2S/c1-12-5-3-4-9(7-12)6-11-10(16-2)8-13(14)15/h3-4,7-8,11H,5-6H2,1-2H3. The van der Waals surface area contributed by atoms with E-state index in [0.717, 1.165) is 18.3 Å². The Morgan fingerprint density at radius 1 is 1.81 bits per heavy atom. The molecule has 6 heteroatoms. The fourth-order valence-electron chi connectivity index (χ4n) is 1.31. The third kappa shape index (κ3) is 4.39. The van der Waals surface area contributed by atoms with Crippen molar-refractivity contribution in [1.29, 1.82) is 0 Å². The first-order valence-corrected chi connectivity index (χ1v) is 6.05. The summed E-state index contributed by atoms with van der Waals surface area (Å²) in [6.07, 6.45) is 8.90. The molecule has 0 fully saturated rings. The normalized spacial score (nSPS) is 16.0. The highest BCUT2D eigenvalue weighted by Gasteiger charge is 2.04. The van der Waals surface area contributed by atoms with E-state index in [9.17, 15) is 10.1 Å². The van der Waals surface area contributed by atoms with Crippen molar-refractivity contribution in [2.45, 2.75) is 0 Å². The van der Waals surface area contributed by atoms with Gasteiger partial charge in [0.25, 0.3) is 6.20 Å². The smallest absolute Gasteiger partial charge is 0.263 e. The summed E-state index contributed by atoms with van der Waals surface area (Å²) in [4.78, 5) is 11.9. The van der Waals surface area contributed by atoms with E-state index in [4.69, 9.17) is 0 Å². The van der Waals surface area contributed by atoms with Gasteiger partial charge in [0.05, 0.1) is 4.92 Å². The molecular formula is C10H15N3O2S. The second-order valence-electron chi connectivity index (χ2n) is 3.38. The zero-order chi connectivity index (χ0) is 12.0. The highest BCUT2D eigenvalue weighted by Crippen LogP contribution is 2.10. The van der Waals surface area contributed by atoms with Crippen LogP contribution in [0, 0.1) is 10.1 Å². The molecule has 1 aliphatic heterocycles. The maximum atomic E-state index is 10.3. The van der Waals surface area contributed by atoms with E-state index >= 15 is 0 Å². The third-order valence-corrected chi connectivity index (χ3v) is 2.71. The molecule has 0 aliphatic carbocycles. The van der Waals surface area contributed by atoms with Gasteiger partial charge in [0, 0.05) is 26.3 Å². The molecule has 0 amide bonds. The Morgan fingerprint density at radius 2 is 2.56 bits per heavy atom. The van der Waals surface area contributed by atoms with E-state index in [1.54, 1.807) is 6.26 Å². The van der Waals surface area contributed by atoms with Gasteiger partial charge in [0.1, 0.15) is 5.03 Å². The van der Waals surface area contributed by atoms with Gasteiger partial charge in [-0.15, -0.1) is 11.8 Å². The molecule has 0 saturated heterocycles. The fourth-order valence-corrected chi connectivity index (χ4v) is 1.72. The van der Waals surface area contributed by atoms with Crippen LogP contribution >= 0.6 is 11.8 Å². The monoisotopic (exact) mass is 241 g/mol. The van der Waals surface area contributed by atoms with Crippen LogP contribution in [0.15, 0.2) is 35.2 Å². The van der Waals surface area contributed by atoms with Crippen LogP contribution in [0.4, 0.5) is 0 Å². The summed E-state index contributed by atoms with van der Waals surface area (Å²) in [6.45, 7) is 1.50. The Morgan fingerprint density at radius 3 is 3.12 bits per heavy atom. The summed E-state index contributed by atoms with van der Waals surface area (Å²) in [7, 11) is 1.99. The van der Waals surface area contributed by atoms with Crippen LogP contribution < -0.4 is 5.32 Å². The van der Waals surface area contributed by atoms with Gasteiger partial charge >= 0.3 is 0 Å². The Balaban J connectivity index is 2.50. The second-order valence-corrected chi connectivity index (χ2v) is 4.23. The average molecular weight is 241 g/mol. The van der Waals surface area contributed by atoms with Crippen molar-refractivity contribution in [2.75, 3.05) is 26.4 Å². The van der Waals surface area contributed by atoms with Gasteiger partial charge in [-0.05, 0) is 11.8 Å². The average Bonchev–Trinajstić information content (AvgIpc) is 2.24. The van der Waals surface area contributed by atoms with E-state index in [2.05, 4.69) is 16.3 Å². The molecule has 1 N–H and O–H groups in total. The Bertz CT molecular complexity index is 350. The minimum absolute atomic E-state index is 0.448. The highest BCUT2D eigenvalue weighted by molar-refractivity contribution is 8.02. The molecule has 88 valence electrons. The number of rotatable bonds is 5. The minimum Gasteiger partial charge on any atom is -0.376 e. The summed E-state index contributed by atoms with van der Waals surface area (Å²) in [5, 5.41) is 13.9. The van der Waals surface area contributed by atoms with Gasteiger partial charge in [0.15, 0.2) is 0 Å². The molecule has 1 aliphatic rings. The van der Waals surface area contributed by atoms with Crippen molar-refractivity contribution in [2.24, 2.45) is 0 Å². The van der Waals surface area contributed by atoms with Gasteiger partial charge < -0.3 is 10.2 Å². The van der Waals surface area contributed by atoms with E-state index in [1.807, 2.05) is 19.3 Å². The lowest BCUT2D eigenvalue weighted by molar-refractivity contribution is -0.403. The van der Waals surface area contributed by atoms with E-state index in [1.165, 1.54) is 11.8 Å². The van der Waals surface area contributed by atoms with Crippen LogP contribution in [0.2, 0.25) is 0 Å². The van der Waals surface area contributed by atoms with Crippen LogP contribution in [-0.4, -0.2) is 36.2 Å². The molecule has 0 aromatic carbocycles. The first-order chi connectivity index (χ1) is 7.61. The molecule has 0 aromatic heterocycles. The molecular weight excluding hydrogens is 226 g/mol. The summed E-state index contributed by atoms with van der Waals surface area (Å²) < 4.78 is 0. The third-order valence-electron chi connectivity index (χ3n) is 2.02. The minimum atomic E-state index is -0.448. The highest BCUT2D eigenvalue weighted by atomic mass is 32.2. The summed E-state index contributed by atoms with van der Waals surface area (Å²) in [5.74, 6) is 0. The van der Waals surface area contributed by atoms with Crippen molar-refractivity contribution < 1.29 is 4.92 Å². The van der Waals surface area contributed by atoms with Crippen LogP contribution in [0.25, 0.3) is 0 Å². The van der Waals surface area contributed by atoms with Gasteiger partial charge in [-0.25, -0.2) is 0 Å². The molecule has 5 nitrogen and oxygen atoms in total. The lowest BCUT2D eigenvalue weighted by Gasteiger charge is -2.18. The zero-order valence-electron chi connectivity index (χ0n) is 9.34. The van der Waals surface area contributed by atoms with Crippen molar-refractivity contribution in [3.63, 3.8) is 0 Å². The topological polar surface area (TPSA) is 58.4 Å². The van der Waals surface area contributed by atoms with E-state index in [-0.39, 0.29) is 0 Å². The lowest BCUT2D eigenvalue weighted by atomic mass is 10.2. The summed E-state index contributed by atoms with van der Waals surface area (Å²) in [6, 6.07) is 0. The molecule has 0 radical (unpaired) electrons. The molecule has 0 atom stereocenters. The molecule has 0 aromatic rings. The van der Waals surface area contributed by atoms with Gasteiger partial charge in [-0.2, -0.15) is 0 Å². The number of likely N-dealkylation sites (N-methyl/N-ethyl adjacent to an activating group) is 1. The Labute approximate surface area is 99.0 Å². The zero-order valence-corrected chi connectivity index (χ0v) is 10.2. The molecule has 0 bridgehead atoms. The van der Waals surface area contributed by atoms with Crippen LogP contribution in [0.1, 0.15) is 0 Å². The summed E-state index contributed by atoms with van der Waals surface area (Å²) >= 11 is 1.33. The molecule has 1 heterocycles. The number of nitro groups is 1. The maximum absolute atomic E-state index is 10.3. The van der Waals surface area contributed by atoms with Crippen molar-refractivity contribution in [3.05, 3.63) is 45.3 Å². The SMILES string of the molecule is CSC(=C[N+](=O)[O-])NCC1=CN(C)CC=C1. The van der Waals surface area contributed by atoms with Gasteiger partial charge in [0.2, 0.25) is 0 Å². The van der Waals surface area contributed by atoms with Crippen molar-refractivity contribution in [3.8, 4) is 0 Å². The molecule has 16 heavy (non-hydrogen) atoms. The molecule has 0 unspecified atom stereocenters. The van der Waals surface area contributed by atoms with Gasteiger partial charge in [-0.3, -0.25) is 10.1 Å².